The average molecular weight is 373 g/mol. The second kappa shape index (κ2) is 7.03. The number of hydrogen-bond acceptors (Lipinski definition) is 4. The van der Waals surface area contributed by atoms with Crippen molar-refractivity contribution in [2.24, 2.45) is 0 Å². The normalized spacial score (nSPS) is 19.8. The van der Waals surface area contributed by atoms with Gasteiger partial charge in [-0.05, 0) is 31.2 Å². The van der Waals surface area contributed by atoms with Gasteiger partial charge in [0, 0.05) is 43.5 Å². The fourth-order valence-electron chi connectivity index (χ4n) is 3.44. The summed E-state index contributed by atoms with van der Waals surface area (Å²) in [5.41, 5.74) is 0.783. The molecule has 1 fully saturated rings. The molecule has 0 spiro atoms. The third-order valence-electron chi connectivity index (χ3n) is 4.83. The van der Waals surface area contributed by atoms with Crippen LogP contribution in [0.15, 0.2) is 42.6 Å². The van der Waals surface area contributed by atoms with Crippen LogP contribution in [0.4, 0.5) is 16.3 Å². The lowest BCUT2D eigenvalue weighted by molar-refractivity contribution is 0.190. The summed E-state index contributed by atoms with van der Waals surface area (Å²) in [4.78, 5) is 23.5. The largest absolute Gasteiger partial charge is 0.489 e. The molecule has 2 aliphatic heterocycles. The Balaban J connectivity index is 1.49. The summed E-state index contributed by atoms with van der Waals surface area (Å²) < 4.78 is 5.75. The number of rotatable bonds is 1. The Morgan fingerprint density at radius 3 is 2.73 bits per heavy atom. The van der Waals surface area contributed by atoms with Gasteiger partial charge in [0.05, 0.1) is 11.7 Å². The predicted molar refractivity (Wildman–Crippen MR) is 102 cm³/mol. The van der Waals surface area contributed by atoms with Gasteiger partial charge in [-0.25, -0.2) is 9.78 Å². The van der Waals surface area contributed by atoms with E-state index < -0.39 is 0 Å². The zero-order valence-electron chi connectivity index (χ0n) is 14.6. The zero-order valence-corrected chi connectivity index (χ0v) is 15.4. The number of anilines is 2. The highest BCUT2D eigenvalue weighted by Crippen LogP contribution is 2.36. The van der Waals surface area contributed by atoms with Crippen LogP contribution in [-0.2, 0) is 0 Å². The first-order valence-electron chi connectivity index (χ1n) is 8.80. The molecule has 136 valence electrons. The van der Waals surface area contributed by atoms with Crippen molar-refractivity contribution in [1.29, 1.82) is 0 Å². The van der Waals surface area contributed by atoms with Crippen LogP contribution in [-0.4, -0.2) is 54.7 Å². The number of hydrogen-bond donors (Lipinski definition) is 0. The van der Waals surface area contributed by atoms with Gasteiger partial charge in [0.25, 0.3) is 0 Å². The maximum Gasteiger partial charge on any atom is 0.325 e. The van der Waals surface area contributed by atoms with Gasteiger partial charge >= 0.3 is 6.03 Å². The number of piperazine rings is 1. The molecule has 0 bridgehead atoms. The topological polar surface area (TPSA) is 48.9 Å². The summed E-state index contributed by atoms with van der Waals surface area (Å²) >= 11 is 6.06. The summed E-state index contributed by atoms with van der Waals surface area (Å²) in [6.07, 6.45) is 1.80. The first-order chi connectivity index (χ1) is 12.6. The Bertz CT molecular complexity index is 793. The molecule has 1 unspecified atom stereocenters. The van der Waals surface area contributed by atoms with Crippen molar-refractivity contribution in [3.8, 4) is 5.75 Å². The third kappa shape index (κ3) is 3.17. The maximum atomic E-state index is 13.2. The number of ether oxygens (including phenoxy) is 1. The van der Waals surface area contributed by atoms with Crippen LogP contribution >= 0.6 is 11.6 Å². The maximum absolute atomic E-state index is 13.2. The molecule has 1 aromatic carbocycles. The zero-order chi connectivity index (χ0) is 18.1. The van der Waals surface area contributed by atoms with Crippen molar-refractivity contribution >= 4 is 29.1 Å². The highest BCUT2D eigenvalue weighted by Gasteiger charge is 2.34. The van der Waals surface area contributed by atoms with Gasteiger partial charge in [0.2, 0.25) is 0 Å². The Morgan fingerprint density at radius 2 is 2.00 bits per heavy atom. The van der Waals surface area contributed by atoms with Crippen molar-refractivity contribution in [2.75, 3.05) is 42.6 Å². The Morgan fingerprint density at radius 1 is 1.19 bits per heavy atom. The van der Waals surface area contributed by atoms with Crippen LogP contribution in [0.5, 0.6) is 5.75 Å². The summed E-state index contributed by atoms with van der Waals surface area (Å²) in [5.74, 6) is 1.62. The van der Waals surface area contributed by atoms with Gasteiger partial charge in [0.15, 0.2) is 0 Å². The lowest BCUT2D eigenvalue weighted by Gasteiger charge is -2.41. The van der Waals surface area contributed by atoms with Gasteiger partial charge in [-0.3, -0.25) is 4.90 Å². The third-order valence-corrected chi connectivity index (χ3v) is 5.07. The molecule has 0 N–H and O–H groups in total. The number of halogens is 1. The van der Waals surface area contributed by atoms with Crippen molar-refractivity contribution in [3.05, 3.63) is 47.6 Å². The lowest BCUT2D eigenvalue weighted by Crippen LogP contribution is -2.56. The molecule has 1 atom stereocenters. The molecule has 26 heavy (non-hydrogen) atoms. The van der Waals surface area contributed by atoms with E-state index in [0.717, 1.165) is 24.6 Å². The number of aromatic nitrogens is 1. The van der Waals surface area contributed by atoms with Crippen molar-refractivity contribution < 1.29 is 9.53 Å². The van der Waals surface area contributed by atoms with Gasteiger partial charge in [0.1, 0.15) is 18.2 Å². The molecule has 0 aliphatic carbocycles. The van der Waals surface area contributed by atoms with Crippen LogP contribution in [0.25, 0.3) is 0 Å². The number of nitrogens with zero attached hydrogens (tertiary/aromatic N) is 4. The summed E-state index contributed by atoms with van der Waals surface area (Å²) in [5, 5.41) is 0.606. The Labute approximate surface area is 157 Å². The molecule has 2 amide bonds. The van der Waals surface area contributed by atoms with E-state index >= 15 is 0 Å². The smallest absolute Gasteiger partial charge is 0.325 e. The van der Waals surface area contributed by atoms with Gasteiger partial charge < -0.3 is 14.5 Å². The molecular weight excluding hydrogens is 352 g/mol. The molecule has 6 nitrogen and oxygen atoms in total. The number of amides is 2. The van der Waals surface area contributed by atoms with Crippen LogP contribution in [0.2, 0.25) is 5.02 Å². The van der Waals surface area contributed by atoms with Crippen LogP contribution in [0, 0.1) is 0 Å². The molecular formula is C19H21ClN4O2. The van der Waals surface area contributed by atoms with E-state index in [9.17, 15) is 4.79 Å². The molecule has 2 aromatic rings. The minimum atomic E-state index is -0.0232. The fourth-order valence-corrected chi connectivity index (χ4v) is 3.60. The molecule has 0 saturated carbocycles. The van der Waals surface area contributed by atoms with Gasteiger partial charge in [-0.1, -0.05) is 17.7 Å². The highest BCUT2D eigenvalue weighted by molar-refractivity contribution is 6.30. The monoisotopic (exact) mass is 372 g/mol. The second-order valence-electron chi connectivity index (χ2n) is 6.59. The van der Waals surface area contributed by atoms with E-state index in [-0.39, 0.29) is 12.1 Å². The lowest BCUT2D eigenvalue weighted by atomic mass is 10.1. The second-order valence-corrected chi connectivity index (χ2v) is 7.02. The molecule has 4 rings (SSSR count). The molecule has 3 heterocycles. The molecule has 1 aromatic heterocycles. The van der Waals surface area contributed by atoms with E-state index in [4.69, 9.17) is 16.3 Å². The molecule has 0 radical (unpaired) electrons. The quantitative estimate of drug-likeness (QED) is 0.771. The number of urea groups is 1. The SMILES string of the molecule is CC1COc2cc(Cl)ccc2N1C(=O)N1CCN(c2ccccn2)CC1. The standard InChI is InChI=1S/C19H21ClN4O2/c1-14-13-26-17-12-15(20)5-6-16(17)24(14)19(25)23-10-8-22(9-11-23)18-4-2-3-7-21-18/h2-7,12,14H,8-11,13H2,1H3. The van der Waals surface area contributed by atoms with E-state index in [2.05, 4.69) is 9.88 Å². The van der Waals surface area contributed by atoms with Gasteiger partial charge in [-0.15, -0.1) is 0 Å². The van der Waals surface area contributed by atoms with Crippen molar-refractivity contribution in [3.63, 3.8) is 0 Å². The van der Waals surface area contributed by atoms with Gasteiger partial charge in [-0.2, -0.15) is 0 Å². The summed E-state index contributed by atoms with van der Waals surface area (Å²) in [6.45, 7) is 5.35. The van der Waals surface area contributed by atoms with Crippen LogP contribution in [0.3, 0.4) is 0 Å². The average Bonchev–Trinajstić information content (AvgIpc) is 2.68. The van der Waals surface area contributed by atoms with Crippen LogP contribution in [0.1, 0.15) is 6.92 Å². The highest BCUT2D eigenvalue weighted by atomic mass is 35.5. The van der Waals surface area contributed by atoms with E-state index in [0.29, 0.717) is 30.5 Å². The first-order valence-corrected chi connectivity index (χ1v) is 9.18. The number of benzene rings is 1. The first kappa shape index (κ1) is 17.0. The number of carbonyl (C=O) groups is 1. The predicted octanol–water partition coefficient (Wildman–Crippen LogP) is 3.26. The van der Waals surface area contributed by atoms with E-state index in [1.165, 1.54) is 0 Å². The minimum Gasteiger partial charge on any atom is -0.489 e. The molecule has 7 heteroatoms. The van der Waals surface area contributed by atoms with Crippen LogP contribution < -0.4 is 14.5 Å². The van der Waals surface area contributed by atoms with Crippen molar-refractivity contribution in [1.82, 2.24) is 9.88 Å². The number of fused-ring (bicyclic) bond motifs is 1. The van der Waals surface area contributed by atoms with E-state index in [1.54, 1.807) is 18.3 Å². The summed E-state index contributed by atoms with van der Waals surface area (Å²) in [7, 11) is 0. The fraction of sp³-hybridized carbons (Fsp3) is 0.368. The number of carbonyl (C=O) groups excluding carboxylic acids is 1. The summed E-state index contributed by atoms with van der Waals surface area (Å²) in [6, 6.07) is 11.3. The molecule has 1 saturated heterocycles. The Kier molecular flexibility index (Phi) is 4.59. The number of pyridine rings is 1. The minimum absolute atomic E-state index is 0.0186. The van der Waals surface area contributed by atoms with E-state index in [1.807, 2.05) is 41.0 Å². The van der Waals surface area contributed by atoms with Crippen molar-refractivity contribution in [2.45, 2.75) is 13.0 Å². The Hall–Kier alpha value is -2.47. The molecule has 2 aliphatic rings.